The number of carboxylic acid groups (broad SMARTS) is 1. The fourth-order valence-corrected chi connectivity index (χ4v) is 3.11. The number of hydrogen-bond donors (Lipinski definition) is 1. The van der Waals surface area contributed by atoms with Crippen molar-refractivity contribution in [2.45, 2.75) is 50.4 Å². The molecule has 1 N–H and O–H groups in total. The summed E-state index contributed by atoms with van der Waals surface area (Å²) < 4.78 is 41.7. The van der Waals surface area contributed by atoms with Crippen molar-refractivity contribution in [3.63, 3.8) is 0 Å². The van der Waals surface area contributed by atoms with Gasteiger partial charge in [0.1, 0.15) is 5.82 Å². The molecule has 0 saturated heterocycles. The van der Waals surface area contributed by atoms with E-state index in [-0.39, 0.29) is 35.3 Å². The third kappa shape index (κ3) is 3.02. The molecule has 0 aliphatic heterocycles. The van der Waals surface area contributed by atoms with E-state index >= 15 is 0 Å². The molecule has 1 aromatic carbocycles. The Morgan fingerprint density at radius 3 is 2.46 bits per heavy atom. The van der Waals surface area contributed by atoms with Gasteiger partial charge in [-0.25, -0.2) is 14.3 Å². The van der Waals surface area contributed by atoms with Crippen molar-refractivity contribution in [1.82, 2.24) is 14.3 Å². The first-order valence-electron chi connectivity index (χ1n) is 8.38. The minimum Gasteiger partial charge on any atom is -0.478 e. The standard InChI is InChI=1S/C17H16F3N3O3/c18-17(19,20)11-3-6-13(15(24)25)10(7-11)8-22-16(26)23(12-4-5-12)14(21-22)9-1-2-9/h3,6-7,9,12H,1-2,4-5,8H2,(H,24,25). The first-order valence-corrected chi connectivity index (χ1v) is 8.38. The molecule has 2 aromatic rings. The molecule has 0 spiro atoms. The number of benzene rings is 1. The third-order valence-electron chi connectivity index (χ3n) is 4.73. The van der Waals surface area contributed by atoms with Gasteiger partial charge in [-0.2, -0.15) is 18.3 Å². The summed E-state index contributed by atoms with van der Waals surface area (Å²) in [5.41, 5.74) is -1.69. The molecule has 1 aromatic heterocycles. The van der Waals surface area contributed by atoms with Crippen molar-refractivity contribution >= 4 is 5.97 Å². The number of carboxylic acids is 1. The van der Waals surface area contributed by atoms with Crippen LogP contribution in [0.15, 0.2) is 23.0 Å². The molecule has 2 saturated carbocycles. The number of nitrogens with zero attached hydrogens (tertiary/aromatic N) is 3. The maximum Gasteiger partial charge on any atom is 0.416 e. The highest BCUT2D eigenvalue weighted by Gasteiger charge is 2.37. The molecular formula is C17H16F3N3O3. The van der Waals surface area contributed by atoms with Gasteiger partial charge in [-0.05, 0) is 49.4 Å². The molecule has 0 amide bonds. The van der Waals surface area contributed by atoms with E-state index in [1.165, 1.54) is 0 Å². The van der Waals surface area contributed by atoms with E-state index in [9.17, 15) is 27.9 Å². The van der Waals surface area contributed by atoms with Crippen molar-refractivity contribution in [2.24, 2.45) is 0 Å². The second-order valence-electron chi connectivity index (χ2n) is 6.85. The minimum atomic E-state index is -4.59. The maximum atomic E-state index is 13.0. The van der Waals surface area contributed by atoms with Crippen LogP contribution in [0.25, 0.3) is 0 Å². The van der Waals surface area contributed by atoms with Crippen LogP contribution in [0, 0.1) is 0 Å². The van der Waals surface area contributed by atoms with E-state index < -0.39 is 17.7 Å². The van der Waals surface area contributed by atoms with E-state index in [0.717, 1.165) is 48.6 Å². The van der Waals surface area contributed by atoms with Crippen molar-refractivity contribution in [2.75, 3.05) is 0 Å². The predicted molar refractivity (Wildman–Crippen MR) is 84.2 cm³/mol. The van der Waals surface area contributed by atoms with E-state index in [1.807, 2.05) is 0 Å². The molecule has 2 aliphatic rings. The topological polar surface area (TPSA) is 77.1 Å². The minimum absolute atomic E-state index is 0.0859. The third-order valence-corrected chi connectivity index (χ3v) is 4.73. The Morgan fingerprint density at radius 2 is 1.92 bits per heavy atom. The van der Waals surface area contributed by atoms with E-state index in [4.69, 9.17) is 0 Å². The highest BCUT2D eigenvalue weighted by molar-refractivity contribution is 5.89. The summed E-state index contributed by atoms with van der Waals surface area (Å²) in [6, 6.07) is 2.54. The van der Waals surface area contributed by atoms with Crippen molar-refractivity contribution in [1.29, 1.82) is 0 Å². The molecule has 6 nitrogen and oxygen atoms in total. The van der Waals surface area contributed by atoms with Gasteiger partial charge in [0.2, 0.25) is 0 Å². The Labute approximate surface area is 145 Å². The monoisotopic (exact) mass is 367 g/mol. The van der Waals surface area contributed by atoms with Crippen LogP contribution < -0.4 is 5.69 Å². The van der Waals surface area contributed by atoms with Crippen molar-refractivity contribution < 1.29 is 23.1 Å². The lowest BCUT2D eigenvalue weighted by Gasteiger charge is -2.11. The van der Waals surface area contributed by atoms with Crippen molar-refractivity contribution in [3.05, 3.63) is 51.2 Å². The van der Waals surface area contributed by atoms with Gasteiger partial charge in [0.05, 0.1) is 17.7 Å². The summed E-state index contributed by atoms with van der Waals surface area (Å²) in [6.07, 6.45) is -0.950. The van der Waals surface area contributed by atoms with Gasteiger partial charge in [0.15, 0.2) is 0 Å². The van der Waals surface area contributed by atoms with Crippen LogP contribution in [-0.2, 0) is 12.7 Å². The van der Waals surface area contributed by atoms with Crippen LogP contribution in [0.2, 0.25) is 0 Å². The van der Waals surface area contributed by atoms with Crippen LogP contribution in [0.4, 0.5) is 13.2 Å². The van der Waals surface area contributed by atoms with Crippen LogP contribution in [0.1, 0.15) is 65.0 Å². The van der Waals surface area contributed by atoms with Crippen LogP contribution in [0.5, 0.6) is 0 Å². The maximum absolute atomic E-state index is 13.0. The highest BCUT2D eigenvalue weighted by atomic mass is 19.4. The molecule has 0 radical (unpaired) electrons. The molecular weight excluding hydrogens is 351 g/mol. The lowest BCUT2D eigenvalue weighted by atomic mass is 10.0. The fourth-order valence-electron chi connectivity index (χ4n) is 3.11. The van der Waals surface area contributed by atoms with Gasteiger partial charge in [0, 0.05) is 12.0 Å². The largest absolute Gasteiger partial charge is 0.478 e. The smallest absolute Gasteiger partial charge is 0.416 e. The molecule has 138 valence electrons. The Balaban J connectivity index is 1.76. The number of rotatable bonds is 5. The quantitative estimate of drug-likeness (QED) is 0.881. The summed E-state index contributed by atoms with van der Waals surface area (Å²) >= 11 is 0. The zero-order valence-electron chi connectivity index (χ0n) is 13.7. The molecule has 2 fully saturated rings. The Hall–Kier alpha value is -2.58. The number of carbonyl (C=O) groups is 1. The number of hydrogen-bond acceptors (Lipinski definition) is 3. The number of aromatic nitrogens is 3. The normalized spacial score (nSPS) is 17.5. The lowest BCUT2D eigenvalue weighted by Crippen LogP contribution is -2.26. The molecule has 9 heteroatoms. The van der Waals surface area contributed by atoms with Crippen LogP contribution in [-0.4, -0.2) is 25.4 Å². The van der Waals surface area contributed by atoms with Crippen LogP contribution in [0.3, 0.4) is 0 Å². The summed E-state index contributed by atoms with van der Waals surface area (Å²) in [5, 5.41) is 13.6. The predicted octanol–water partition coefficient (Wildman–Crippen LogP) is 3.02. The highest BCUT2D eigenvalue weighted by Crippen LogP contribution is 2.43. The van der Waals surface area contributed by atoms with E-state index in [1.54, 1.807) is 4.57 Å². The van der Waals surface area contributed by atoms with E-state index in [0.29, 0.717) is 5.82 Å². The number of alkyl halides is 3. The number of aromatic carboxylic acids is 1. The Bertz CT molecular complexity index is 937. The first kappa shape index (κ1) is 16.9. The average molecular weight is 367 g/mol. The van der Waals surface area contributed by atoms with Gasteiger partial charge in [-0.1, -0.05) is 0 Å². The second kappa shape index (κ2) is 5.72. The molecule has 0 unspecified atom stereocenters. The summed E-state index contributed by atoms with van der Waals surface area (Å²) in [7, 11) is 0. The van der Waals surface area contributed by atoms with Gasteiger partial charge < -0.3 is 5.11 Å². The van der Waals surface area contributed by atoms with Gasteiger partial charge in [0.25, 0.3) is 0 Å². The van der Waals surface area contributed by atoms with Gasteiger partial charge >= 0.3 is 17.8 Å². The summed E-state index contributed by atoms with van der Waals surface area (Å²) in [4.78, 5) is 24.0. The van der Waals surface area contributed by atoms with Gasteiger partial charge in [-0.15, -0.1) is 0 Å². The fraction of sp³-hybridized carbons (Fsp3) is 0.471. The molecule has 1 heterocycles. The lowest BCUT2D eigenvalue weighted by molar-refractivity contribution is -0.137. The number of halogens is 3. The SMILES string of the molecule is O=C(O)c1ccc(C(F)(F)F)cc1Cn1nc(C2CC2)n(C2CC2)c1=O. The molecule has 26 heavy (non-hydrogen) atoms. The average Bonchev–Trinajstić information content (AvgIpc) is 3.46. The molecule has 2 aliphatic carbocycles. The first-order chi connectivity index (χ1) is 12.3. The van der Waals surface area contributed by atoms with Crippen LogP contribution >= 0.6 is 0 Å². The summed E-state index contributed by atoms with van der Waals surface area (Å²) in [6.45, 7) is -0.302. The van der Waals surface area contributed by atoms with Crippen molar-refractivity contribution in [3.8, 4) is 0 Å². The zero-order chi connectivity index (χ0) is 18.6. The van der Waals surface area contributed by atoms with E-state index in [2.05, 4.69) is 5.10 Å². The van der Waals surface area contributed by atoms with Gasteiger partial charge in [-0.3, -0.25) is 4.57 Å². The summed E-state index contributed by atoms with van der Waals surface area (Å²) in [5.74, 6) is -0.461. The zero-order valence-corrected chi connectivity index (χ0v) is 13.7. The Morgan fingerprint density at radius 1 is 1.23 bits per heavy atom. The molecule has 0 atom stereocenters. The second-order valence-corrected chi connectivity index (χ2v) is 6.85. The molecule has 0 bridgehead atoms. The Kier molecular flexibility index (Phi) is 3.71. The molecule has 4 rings (SSSR count).